The summed E-state index contributed by atoms with van der Waals surface area (Å²) in [6.45, 7) is 8.47. The van der Waals surface area contributed by atoms with Gasteiger partial charge in [-0.3, -0.25) is 4.79 Å². The van der Waals surface area contributed by atoms with Gasteiger partial charge in [0.1, 0.15) is 6.07 Å². The average molecular weight is 363 g/mol. The van der Waals surface area contributed by atoms with E-state index in [9.17, 15) is 4.79 Å². The Morgan fingerprint density at radius 3 is 2.48 bits per heavy atom. The minimum Gasteiger partial charge on any atom is -0.351 e. The van der Waals surface area contributed by atoms with Crippen molar-refractivity contribution >= 4 is 11.7 Å². The maximum absolute atomic E-state index is 12.8. The molecular formula is C21H25N5O. The molecule has 0 bridgehead atoms. The largest absolute Gasteiger partial charge is 0.351 e. The normalized spacial score (nSPS) is 17.1. The van der Waals surface area contributed by atoms with Crippen LogP contribution >= 0.6 is 0 Å². The van der Waals surface area contributed by atoms with Gasteiger partial charge in [0.2, 0.25) is 5.91 Å². The topological polar surface area (TPSA) is 73.1 Å². The first-order chi connectivity index (χ1) is 13.0. The first-order valence-corrected chi connectivity index (χ1v) is 9.35. The van der Waals surface area contributed by atoms with Crippen LogP contribution in [0.1, 0.15) is 43.5 Å². The molecule has 0 N–H and O–H groups in total. The molecule has 1 aromatic heterocycles. The molecule has 1 saturated heterocycles. The fourth-order valence-corrected chi connectivity index (χ4v) is 3.39. The third-order valence-corrected chi connectivity index (χ3v) is 5.04. The number of rotatable bonds is 4. The molecule has 6 nitrogen and oxygen atoms in total. The van der Waals surface area contributed by atoms with Gasteiger partial charge in [-0.15, -0.1) is 10.2 Å². The molecule has 0 aliphatic carbocycles. The molecular weight excluding hydrogens is 338 g/mol. The molecule has 1 aliphatic heterocycles. The Labute approximate surface area is 160 Å². The number of benzene rings is 1. The Hall–Kier alpha value is -2.94. The van der Waals surface area contributed by atoms with Crippen LogP contribution in [0.2, 0.25) is 0 Å². The SMILES string of the molecule is CC(C)c1ccc(CC(=O)N2CCN(c3ccc(C#N)nn3)C[C@H]2C)cc1. The van der Waals surface area contributed by atoms with E-state index in [2.05, 4.69) is 60.1 Å². The van der Waals surface area contributed by atoms with E-state index in [0.717, 1.165) is 11.4 Å². The number of carbonyl (C=O) groups excluding carboxylic acids is 1. The van der Waals surface area contributed by atoms with Crippen molar-refractivity contribution in [3.05, 3.63) is 53.2 Å². The van der Waals surface area contributed by atoms with E-state index in [1.807, 2.05) is 17.0 Å². The van der Waals surface area contributed by atoms with Crippen LogP contribution in [0.25, 0.3) is 0 Å². The third kappa shape index (κ3) is 4.43. The van der Waals surface area contributed by atoms with E-state index in [4.69, 9.17) is 5.26 Å². The second-order valence-corrected chi connectivity index (χ2v) is 7.34. The highest BCUT2D eigenvalue weighted by Crippen LogP contribution is 2.19. The lowest BCUT2D eigenvalue weighted by molar-refractivity contribution is -0.132. The lowest BCUT2D eigenvalue weighted by Crippen LogP contribution is -2.54. The molecule has 1 amide bonds. The van der Waals surface area contributed by atoms with Crippen LogP contribution in [0.15, 0.2) is 36.4 Å². The number of anilines is 1. The first kappa shape index (κ1) is 18.8. The van der Waals surface area contributed by atoms with Crippen LogP contribution in [0.3, 0.4) is 0 Å². The number of piperazine rings is 1. The van der Waals surface area contributed by atoms with Crippen molar-refractivity contribution in [3.63, 3.8) is 0 Å². The Bertz CT molecular complexity index is 823. The van der Waals surface area contributed by atoms with Crippen LogP contribution < -0.4 is 4.90 Å². The van der Waals surface area contributed by atoms with Crippen molar-refractivity contribution < 1.29 is 4.79 Å². The van der Waals surface area contributed by atoms with E-state index in [0.29, 0.717) is 37.7 Å². The molecule has 27 heavy (non-hydrogen) atoms. The average Bonchev–Trinajstić information content (AvgIpc) is 2.68. The van der Waals surface area contributed by atoms with E-state index < -0.39 is 0 Å². The summed E-state index contributed by atoms with van der Waals surface area (Å²) in [6.07, 6.45) is 0.430. The molecule has 140 valence electrons. The van der Waals surface area contributed by atoms with Gasteiger partial charge in [-0.25, -0.2) is 0 Å². The van der Waals surface area contributed by atoms with Crippen LogP contribution in [-0.2, 0) is 11.2 Å². The summed E-state index contributed by atoms with van der Waals surface area (Å²) in [4.78, 5) is 16.8. The maximum atomic E-state index is 12.8. The van der Waals surface area contributed by atoms with Gasteiger partial charge in [0.15, 0.2) is 11.5 Å². The molecule has 1 aromatic carbocycles. The molecule has 1 fully saturated rings. The smallest absolute Gasteiger partial charge is 0.227 e. The van der Waals surface area contributed by atoms with Crippen molar-refractivity contribution in [2.45, 2.75) is 39.2 Å². The molecule has 0 unspecified atom stereocenters. The van der Waals surface area contributed by atoms with Crippen LogP contribution in [0.4, 0.5) is 5.82 Å². The summed E-state index contributed by atoms with van der Waals surface area (Å²) in [6, 6.07) is 13.9. The monoisotopic (exact) mass is 363 g/mol. The van der Waals surface area contributed by atoms with E-state index in [-0.39, 0.29) is 11.9 Å². The number of amides is 1. The van der Waals surface area contributed by atoms with Gasteiger partial charge in [-0.1, -0.05) is 38.1 Å². The van der Waals surface area contributed by atoms with Gasteiger partial charge < -0.3 is 9.80 Å². The number of aromatic nitrogens is 2. The fraction of sp³-hybridized carbons (Fsp3) is 0.429. The van der Waals surface area contributed by atoms with Gasteiger partial charge in [0, 0.05) is 25.7 Å². The van der Waals surface area contributed by atoms with Crippen LogP contribution in [0.5, 0.6) is 0 Å². The predicted octanol–water partition coefficient (Wildman–Crippen LogP) is 2.75. The zero-order valence-corrected chi connectivity index (χ0v) is 16.1. The molecule has 2 aromatic rings. The highest BCUT2D eigenvalue weighted by molar-refractivity contribution is 5.79. The van der Waals surface area contributed by atoms with Crippen molar-refractivity contribution in [1.29, 1.82) is 5.26 Å². The number of carbonyl (C=O) groups is 1. The molecule has 1 aliphatic rings. The van der Waals surface area contributed by atoms with Crippen molar-refractivity contribution in [3.8, 4) is 6.07 Å². The quantitative estimate of drug-likeness (QED) is 0.835. The van der Waals surface area contributed by atoms with E-state index in [1.54, 1.807) is 6.07 Å². The van der Waals surface area contributed by atoms with Gasteiger partial charge in [0.25, 0.3) is 0 Å². The Kier molecular flexibility index (Phi) is 5.70. The molecule has 1 atom stereocenters. The molecule has 6 heteroatoms. The Morgan fingerprint density at radius 1 is 1.19 bits per heavy atom. The van der Waals surface area contributed by atoms with Gasteiger partial charge in [-0.05, 0) is 36.1 Å². The van der Waals surface area contributed by atoms with Crippen molar-refractivity contribution in [2.24, 2.45) is 0 Å². The van der Waals surface area contributed by atoms with Gasteiger partial charge in [0.05, 0.1) is 6.42 Å². The molecule has 3 rings (SSSR count). The van der Waals surface area contributed by atoms with Crippen molar-refractivity contribution in [2.75, 3.05) is 24.5 Å². The van der Waals surface area contributed by atoms with Crippen LogP contribution in [-0.4, -0.2) is 46.7 Å². The molecule has 2 heterocycles. The van der Waals surface area contributed by atoms with E-state index >= 15 is 0 Å². The minimum atomic E-state index is 0.0960. The highest BCUT2D eigenvalue weighted by atomic mass is 16.2. The molecule has 0 saturated carbocycles. The second kappa shape index (κ2) is 8.17. The highest BCUT2D eigenvalue weighted by Gasteiger charge is 2.28. The summed E-state index contributed by atoms with van der Waals surface area (Å²) in [5, 5.41) is 16.8. The lowest BCUT2D eigenvalue weighted by atomic mass is 10.0. The number of hydrogen-bond acceptors (Lipinski definition) is 5. The minimum absolute atomic E-state index is 0.0960. The van der Waals surface area contributed by atoms with Gasteiger partial charge >= 0.3 is 0 Å². The predicted molar refractivity (Wildman–Crippen MR) is 104 cm³/mol. The fourth-order valence-electron chi connectivity index (χ4n) is 3.39. The van der Waals surface area contributed by atoms with Crippen LogP contribution in [0, 0.1) is 11.3 Å². The summed E-state index contributed by atoms with van der Waals surface area (Å²) in [5.74, 6) is 1.40. The number of hydrogen-bond donors (Lipinski definition) is 0. The molecule has 0 spiro atoms. The number of nitrogens with zero attached hydrogens (tertiary/aromatic N) is 5. The summed E-state index contributed by atoms with van der Waals surface area (Å²) in [7, 11) is 0. The van der Waals surface area contributed by atoms with Gasteiger partial charge in [-0.2, -0.15) is 5.26 Å². The second-order valence-electron chi connectivity index (χ2n) is 7.34. The standard InChI is InChI=1S/C21H25N5O/c1-15(2)18-6-4-17(5-7-18)12-21(27)26-11-10-25(14-16(26)3)20-9-8-19(13-22)23-24-20/h4-9,15-16H,10-12,14H2,1-3H3/t16-/m1/s1. The first-order valence-electron chi connectivity index (χ1n) is 9.35. The zero-order valence-electron chi connectivity index (χ0n) is 16.1. The summed E-state index contributed by atoms with van der Waals surface area (Å²) in [5.41, 5.74) is 2.65. The zero-order chi connectivity index (χ0) is 19.4. The van der Waals surface area contributed by atoms with E-state index in [1.165, 1.54) is 5.56 Å². The Morgan fingerprint density at radius 2 is 1.93 bits per heavy atom. The molecule has 0 radical (unpaired) electrons. The third-order valence-electron chi connectivity index (χ3n) is 5.04. The lowest BCUT2D eigenvalue weighted by Gasteiger charge is -2.40. The summed E-state index contributed by atoms with van der Waals surface area (Å²) >= 11 is 0. The van der Waals surface area contributed by atoms with Crippen molar-refractivity contribution in [1.82, 2.24) is 15.1 Å². The maximum Gasteiger partial charge on any atom is 0.227 e. The number of nitriles is 1. The summed E-state index contributed by atoms with van der Waals surface area (Å²) < 4.78 is 0. The Balaban J connectivity index is 1.60.